The molecule has 0 spiro atoms. The molecule has 1 aromatic rings. The number of halogens is 3. The number of hydrogen-bond donors (Lipinski definition) is 3. The van der Waals surface area contributed by atoms with Crippen molar-refractivity contribution >= 4 is 23.5 Å². The second kappa shape index (κ2) is 5.38. The van der Waals surface area contributed by atoms with Crippen LogP contribution >= 0.6 is 0 Å². The second-order valence-corrected chi connectivity index (χ2v) is 3.32. The van der Waals surface area contributed by atoms with Crippen LogP contribution in [0.3, 0.4) is 0 Å². The van der Waals surface area contributed by atoms with Gasteiger partial charge in [0.15, 0.2) is 0 Å². The predicted octanol–water partition coefficient (Wildman–Crippen LogP) is 0.797. The van der Waals surface area contributed by atoms with Gasteiger partial charge in [0.25, 0.3) is 5.91 Å². The van der Waals surface area contributed by atoms with Gasteiger partial charge in [0.2, 0.25) is 0 Å². The zero-order chi connectivity index (χ0) is 14.6. The summed E-state index contributed by atoms with van der Waals surface area (Å²) in [5, 5.41) is 2.51. The molecule has 102 valence electrons. The van der Waals surface area contributed by atoms with E-state index in [9.17, 15) is 27.6 Å². The van der Waals surface area contributed by atoms with Crippen LogP contribution in [0, 0.1) is 0 Å². The fourth-order valence-corrected chi connectivity index (χ4v) is 1.08. The first-order valence-corrected chi connectivity index (χ1v) is 4.80. The smallest absolute Gasteiger partial charge is 0.398 e. The number of amides is 4. The molecule has 6 nitrogen and oxygen atoms in total. The summed E-state index contributed by atoms with van der Waals surface area (Å²) in [5.41, 5.74) is 5.37. The first-order chi connectivity index (χ1) is 8.71. The number of alkyl halides is 3. The van der Waals surface area contributed by atoms with Gasteiger partial charge in [0, 0.05) is 5.69 Å². The Bertz CT molecular complexity index is 528. The molecule has 0 aliphatic rings. The van der Waals surface area contributed by atoms with Gasteiger partial charge in [-0.1, -0.05) is 12.1 Å². The van der Waals surface area contributed by atoms with Crippen LogP contribution in [-0.4, -0.2) is 24.0 Å². The van der Waals surface area contributed by atoms with Crippen LogP contribution < -0.4 is 16.4 Å². The van der Waals surface area contributed by atoms with Gasteiger partial charge in [-0.2, -0.15) is 13.2 Å². The fraction of sp³-hybridized carbons (Fsp3) is 0.100. The van der Waals surface area contributed by atoms with E-state index in [1.165, 1.54) is 24.3 Å². The third-order valence-corrected chi connectivity index (χ3v) is 1.92. The Labute approximate surface area is 104 Å². The van der Waals surface area contributed by atoms with Crippen LogP contribution in [0.5, 0.6) is 0 Å². The average molecular weight is 275 g/mol. The molecular formula is C10H8F3N3O3. The van der Waals surface area contributed by atoms with Crippen LogP contribution in [-0.2, 0) is 4.79 Å². The Morgan fingerprint density at radius 3 is 2.16 bits per heavy atom. The standard InChI is InChI=1S/C10H8F3N3O3/c11-10(12,13)8(18)16-9(19)15-7(17)5-3-1-2-4-6(5)14/h1-4H,14H2,(H2,15,16,17,18,19). The number of nitrogens with one attached hydrogen (secondary N) is 2. The highest BCUT2D eigenvalue weighted by molar-refractivity contribution is 6.10. The zero-order valence-electron chi connectivity index (χ0n) is 9.25. The minimum Gasteiger partial charge on any atom is -0.398 e. The zero-order valence-corrected chi connectivity index (χ0v) is 9.25. The summed E-state index contributed by atoms with van der Waals surface area (Å²) < 4.78 is 35.5. The maximum atomic E-state index is 11.8. The second-order valence-electron chi connectivity index (χ2n) is 3.32. The highest BCUT2D eigenvalue weighted by atomic mass is 19.4. The van der Waals surface area contributed by atoms with E-state index in [1.54, 1.807) is 5.32 Å². The third-order valence-electron chi connectivity index (χ3n) is 1.92. The summed E-state index contributed by atoms with van der Waals surface area (Å²) in [6.07, 6.45) is -5.22. The van der Waals surface area contributed by atoms with Crippen molar-refractivity contribution < 1.29 is 27.6 Å². The van der Waals surface area contributed by atoms with Gasteiger partial charge in [0.1, 0.15) is 0 Å². The topological polar surface area (TPSA) is 101 Å². The quantitative estimate of drug-likeness (QED) is 0.660. The molecule has 1 rings (SSSR count). The molecule has 0 aliphatic heterocycles. The summed E-state index contributed by atoms with van der Waals surface area (Å²) in [6.45, 7) is 0. The molecule has 0 heterocycles. The molecule has 1 aromatic carbocycles. The molecule has 0 saturated heterocycles. The summed E-state index contributed by atoms with van der Waals surface area (Å²) >= 11 is 0. The molecule has 0 unspecified atom stereocenters. The summed E-state index contributed by atoms with van der Waals surface area (Å²) in [6, 6.07) is 4.02. The highest BCUT2D eigenvalue weighted by Gasteiger charge is 2.39. The molecule has 0 aromatic heterocycles. The molecule has 0 atom stereocenters. The lowest BCUT2D eigenvalue weighted by Gasteiger charge is -2.08. The van der Waals surface area contributed by atoms with Gasteiger partial charge >= 0.3 is 18.1 Å². The number of rotatable bonds is 1. The lowest BCUT2D eigenvalue weighted by Crippen LogP contribution is -2.47. The maximum Gasteiger partial charge on any atom is 0.471 e. The summed E-state index contributed by atoms with van der Waals surface area (Å²) in [7, 11) is 0. The first-order valence-electron chi connectivity index (χ1n) is 4.80. The molecule has 9 heteroatoms. The van der Waals surface area contributed by atoms with Crippen molar-refractivity contribution in [3.8, 4) is 0 Å². The van der Waals surface area contributed by atoms with Crippen LogP contribution in [0.1, 0.15) is 10.4 Å². The summed E-state index contributed by atoms with van der Waals surface area (Å²) in [5.74, 6) is -3.50. The number of anilines is 1. The molecule has 19 heavy (non-hydrogen) atoms. The molecule has 0 radical (unpaired) electrons. The lowest BCUT2D eigenvalue weighted by atomic mass is 10.2. The van der Waals surface area contributed by atoms with E-state index in [4.69, 9.17) is 5.73 Å². The summed E-state index contributed by atoms with van der Waals surface area (Å²) in [4.78, 5) is 32.9. The number of benzene rings is 1. The lowest BCUT2D eigenvalue weighted by molar-refractivity contribution is -0.172. The Hall–Kier alpha value is -2.58. The number of carbonyl (C=O) groups excluding carboxylic acids is 3. The van der Waals surface area contributed by atoms with Crippen LogP contribution in [0.25, 0.3) is 0 Å². The molecule has 4 amide bonds. The minimum atomic E-state index is -5.22. The number of nitrogen functional groups attached to an aromatic ring is 1. The number of nitrogens with two attached hydrogens (primary N) is 1. The maximum absolute atomic E-state index is 11.8. The number of imide groups is 2. The molecule has 0 aliphatic carbocycles. The molecular weight excluding hydrogens is 267 g/mol. The molecule has 0 fully saturated rings. The van der Waals surface area contributed by atoms with Crippen molar-refractivity contribution in [3.63, 3.8) is 0 Å². The highest BCUT2D eigenvalue weighted by Crippen LogP contribution is 2.14. The third kappa shape index (κ3) is 3.98. The van der Waals surface area contributed by atoms with E-state index < -0.39 is 24.0 Å². The SMILES string of the molecule is Nc1ccccc1C(=O)NC(=O)NC(=O)C(F)(F)F. The van der Waals surface area contributed by atoms with E-state index in [1.807, 2.05) is 0 Å². The van der Waals surface area contributed by atoms with Crippen LogP contribution in [0.2, 0.25) is 0 Å². The van der Waals surface area contributed by atoms with Gasteiger partial charge in [-0.25, -0.2) is 4.79 Å². The van der Waals surface area contributed by atoms with Gasteiger partial charge in [-0.15, -0.1) is 0 Å². The van der Waals surface area contributed by atoms with Crippen molar-refractivity contribution in [3.05, 3.63) is 29.8 Å². The van der Waals surface area contributed by atoms with Crippen molar-refractivity contribution in [2.75, 3.05) is 5.73 Å². The van der Waals surface area contributed by atoms with Crippen LogP contribution in [0.15, 0.2) is 24.3 Å². The number of urea groups is 1. The molecule has 0 saturated carbocycles. The van der Waals surface area contributed by atoms with Crippen molar-refractivity contribution in [1.82, 2.24) is 10.6 Å². The van der Waals surface area contributed by atoms with Crippen LogP contribution in [0.4, 0.5) is 23.7 Å². The van der Waals surface area contributed by atoms with Gasteiger partial charge in [-0.05, 0) is 12.1 Å². The molecule has 4 N–H and O–H groups in total. The number of carbonyl (C=O) groups is 3. The predicted molar refractivity (Wildman–Crippen MR) is 57.9 cm³/mol. The van der Waals surface area contributed by atoms with E-state index in [2.05, 4.69) is 0 Å². The van der Waals surface area contributed by atoms with Gasteiger partial charge < -0.3 is 5.73 Å². The molecule has 0 bridgehead atoms. The first kappa shape index (κ1) is 14.5. The number of hydrogen-bond acceptors (Lipinski definition) is 4. The van der Waals surface area contributed by atoms with Gasteiger partial charge in [-0.3, -0.25) is 20.2 Å². The van der Waals surface area contributed by atoms with E-state index >= 15 is 0 Å². The van der Waals surface area contributed by atoms with Crippen molar-refractivity contribution in [1.29, 1.82) is 0 Å². The average Bonchev–Trinajstić information content (AvgIpc) is 2.27. The number of para-hydroxylation sites is 1. The minimum absolute atomic E-state index is 0.0370. The van der Waals surface area contributed by atoms with E-state index in [-0.39, 0.29) is 11.3 Å². The van der Waals surface area contributed by atoms with Crippen molar-refractivity contribution in [2.45, 2.75) is 6.18 Å². The van der Waals surface area contributed by atoms with Crippen molar-refractivity contribution in [2.24, 2.45) is 0 Å². The Kier molecular flexibility index (Phi) is 4.10. The van der Waals surface area contributed by atoms with E-state index in [0.29, 0.717) is 0 Å². The Balaban J connectivity index is 2.66. The normalized spacial score (nSPS) is 10.7. The Morgan fingerprint density at radius 2 is 1.63 bits per heavy atom. The van der Waals surface area contributed by atoms with Gasteiger partial charge in [0.05, 0.1) is 5.56 Å². The Morgan fingerprint density at radius 1 is 1.05 bits per heavy atom. The fourth-order valence-electron chi connectivity index (χ4n) is 1.08. The largest absolute Gasteiger partial charge is 0.471 e. The van der Waals surface area contributed by atoms with E-state index in [0.717, 1.165) is 5.32 Å². The monoisotopic (exact) mass is 275 g/mol.